The lowest BCUT2D eigenvalue weighted by molar-refractivity contribution is -0.135. The van der Waals surface area contributed by atoms with Gasteiger partial charge < -0.3 is 35.3 Å². The zero-order valence-electron chi connectivity index (χ0n) is 29.4. The Hall–Kier alpha value is -2.87. The highest BCUT2D eigenvalue weighted by Gasteiger charge is 2.36. The molecule has 0 unspecified atom stereocenters. The number of amides is 5. The second kappa shape index (κ2) is 16.4. The summed E-state index contributed by atoms with van der Waals surface area (Å²) in [6.45, 7) is 6.88. The lowest BCUT2D eigenvalue weighted by Crippen LogP contribution is -2.59. The minimum atomic E-state index is -0.756. The van der Waals surface area contributed by atoms with Crippen molar-refractivity contribution < 1.29 is 19.5 Å². The van der Waals surface area contributed by atoms with E-state index in [0.29, 0.717) is 67.0 Å². The molecule has 4 aliphatic heterocycles. The second-order valence-electron chi connectivity index (χ2n) is 15.0. The van der Waals surface area contributed by atoms with Gasteiger partial charge in [-0.1, -0.05) is 37.5 Å². The van der Waals surface area contributed by atoms with Gasteiger partial charge in [0.1, 0.15) is 11.8 Å². The van der Waals surface area contributed by atoms with Crippen molar-refractivity contribution in [3.05, 3.63) is 56.5 Å². The van der Waals surface area contributed by atoms with Gasteiger partial charge in [-0.2, -0.15) is 0 Å². The molecule has 1 atom stereocenters. The number of rotatable bonds is 7. The van der Waals surface area contributed by atoms with Gasteiger partial charge in [0.25, 0.3) is 0 Å². The number of hydrogen-bond acceptors (Lipinski definition) is 6. The van der Waals surface area contributed by atoms with Crippen LogP contribution in [-0.2, 0) is 17.8 Å². The van der Waals surface area contributed by atoms with Crippen LogP contribution >= 0.6 is 31.9 Å². The molecule has 0 bridgehead atoms. The summed E-state index contributed by atoms with van der Waals surface area (Å²) in [5.41, 5.74) is 2.77. The van der Waals surface area contributed by atoms with Gasteiger partial charge in [0.05, 0.1) is 8.95 Å². The van der Waals surface area contributed by atoms with Crippen LogP contribution in [0.1, 0.15) is 68.9 Å². The average molecular weight is 830 g/mol. The Morgan fingerprint density at radius 3 is 2.08 bits per heavy atom. The van der Waals surface area contributed by atoms with Crippen LogP contribution in [0.15, 0.2) is 45.3 Å². The fraction of sp³-hybridized carbons (Fsp3) is 0.605. The van der Waals surface area contributed by atoms with Gasteiger partial charge in [-0.05, 0) is 113 Å². The topological polar surface area (TPSA) is 112 Å². The molecule has 51 heavy (non-hydrogen) atoms. The molecule has 0 spiro atoms. The Morgan fingerprint density at radius 2 is 1.39 bits per heavy atom. The molecule has 0 aromatic heterocycles. The molecule has 3 N–H and O–H groups in total. The number of anilines is 1. The maximum Gasteiger partial charge on any atom is 0.322 e. The molecule has 2 aromatic carbocycles. The number of phenols is 1. The highest BCUT2D eigenvalue weighted by Crippen LogP contribution is 2.34. The number of fused-ring (bicyclic) bond motifs is 1. The summed E-state index contributed by atoms with van der Waals surface area (Å²) in [4.78, 5) is 51.8. The lowest BCUT2D eigenvalue weighted by atomic mass is 9.91. The smallest absolute Gasteiger partial charge is 0.322 e. The number of piperidine rings is 2. The maximum absolute atomic E-state index is 14.2. The molecule has 5 aliphatic rings. The van der Waals surface area contributed by atoms with Crippen molar-refractivity contribution in [1.29, 1.82) is 0 Å². The van der Waals surface area contributed by atoms with Crippen LogP contribution in [0.4, 0.5) is 15.3 Å². The van der Waals surface area contributed by atoms with E-state index in [4.69, 9.17) is 0 Å². The summed E-state index contributed by atoms with van der Waals surface area (Å²) in [5, 5.41) is 16.4. The largest absolute Gasteiger partial charge is 0.506 e. The predicted octanol–water partition coefficient (Wildman–Crippen LogP) is 5.99. The van der Waals surface area contributed by atoms with E-state index in [1.165, 1.54) is 58.0 Å². The van der Waals surface area contributed by atoms with Crippen LogP contribution < -0.4 is 10.6 Å². The molecule has 13 heteroatoms. The number of carbonyl (C=O) groups is 3. The minimum absolute atomic E-state index is 0.0299. The van der Waals surface area contributed by atoms with E-state index in [-0.39, 0.29) is 29.8 Å². The number of aromatic hydroxyl groups is 1. The number of hydrogen-bond donors (Lipinski definition) is 3. The molecule has 5 amide bonds. The summed E-state index contributed by atoms with van der Waals surface area (Å²) in [6, 6.07) is 11.7. The number of nitrogens with one attached hydrogen (secondary N) is 2. The second-order valence-corrected chi connectivity index (χ2v) is 16.7. The van der Waals surface area contributed by atoms with E-state index >= 15 is 0 Å². The Balaban J connectivity index is 0.954. The van der Waals surface area contributed by atoms with E-state index in [0.717, 1.165) is 35.9 Å². The average Bonchev–Trinajstić information content (AvgIpc) is 3.16. The van der Waals surface area contributed by atoms with Gasteiger partial charge in [-0.15, -0.1) is 0 Å². The summed E-state index contributed by atoms with van der Waals surface area (Å²) >= 11 is 6.85. The molecule has 276 valence electrons. The number of halogens is 2. The Bertz CT molecular complexity index is 1540. The minimum Gasteiger partial charge on any atom is -0.506 e. The number of para-hydroxylation sites is 1. The third-order valence-electron chi connectivity index (χ3n) is 11.9. The van der Waals surface area contributed by atoms with E-state index < -0.39 is 6.04 Å². The maximum atomic E-state index is 14.2. The van der Waals surface area contributed by atoms with Crippen molar-refractivity contribution >= 4 is 55.5 Å². The zero-order valence-corrected chi connectivity index (χ0v) is 32.5. The van der Waals surface area contributed by atoms with E-state index in [9.17, 15) is 19.5 Å². The van der Waals surface area contributed by atoms with Crippen LogP contribution in [0.3, 0.4) is 0 Å². The van der Waals surface area contributed by atoms with Crippen LogP contribution in [0.25, 0.3) is 0 Å². The van der Waals surface area contributed by atoms with Crippen molar-refractivity contribution in [1.82, 2.24) is 29.8 Å². The number of nitrogens with zero attached hydrogens (tertiary/aromatic N) is 5. The first kappa shape index (κ1) is 36.5. The third-order valence-corrected chi connectivity index (χ3v) is 13.1. The van der Waals surface area contributed by atoms with Crippen LogP contribution in [-0.4, -0.2) is 124 Å². The first-order valence-corrected chi connectivity index (χ1v) is 20.5. The number of urea groups is 2. The molecule has 1 saturated carbocycles. The van der Waals surface area contributed by atoms with Crippen molar-refractivity contribution in [2.45, 2.75) is 94.9 Å². The highest BCUT2D eigenvalue weighted by molar-refractivity contribution is 9.11. The number of likely N-dealkylation sites (tertiary alicyclic amines) is 2. The fourth-order valence-electron chi connectivity index (χ4n) is 8.90. The molecule has 1 aliphatic carbocycles. The Labute approximate surface area is 318 Å². The van der Waals surface area contributed by atoms with Gasteiger partial charge in [0.2, 0.25) is 5.91 Å². The van der Waals surface area contributed by atoms with Gasteiger partial charge in [0.15, 0.2) is 0 Å². The molecular formula is C38H51Br2N7O4. The van der Waals surface area contributed by atoms with Crippen LogP contribution in [0.2, 0.25) is 0 Å². The predicted molar refractivity (Wildman–Crippen MR) is 205 cm³/mol. The SMILES string of the molecule is O=C(N[C@H](Cc1cc(Br)c(O)c(Br)c1)C(=O)N1CCN(C2CCN(C3CCCCC3)CC2)CC1)N1CCC(N2Cc3ccccc3NC2=O)CC1. The molecular weight excluding hydrogens is 778 g/mol. The molecule has 0 radical (unpaired) electrons. The van der Waals surface area contributed by atoms with Gasteiger partial charge >= 0.3 is 12.1 Å². The number of benzene rings is 2. The van der Waals surface area contributed by atoms with E-state index in [1.807, 2.05) is 34.1 Å². The van der Waals surface area contributed by atoms with E-state index in [1.54, 1.807) is 17.0 Å². The Kier molecular flexibility index (Phi) is 11.8. The third kappa shape index (κ3) is 8.52. The van der Waals surface area contributed by atoms with E-state index in [2.05, 4.69) is 52.3 Å². The Morgan fingerprint density at radius 1 is 0.784 bits per heavy atom. The van der Waals surface area contributed by atoms with Gasteiger partial charge in [-0.25, -0.2) is 9.59 Å². The quantitative estimate of drug-likeness (QED) is 0.317. The molecule has 11 nitrogen and oxygen atoms in total. The normalized spacial score (nSPS) is 22.4. The molecule has 3 saturated heterocycles. The van der Waals surface area contributed by atoms with Crippen molar-refractivity contribution in [2.75, 3.05) is 57.7 Å². The fourth-order valence-corrected chi connectivity index (χ4v) is 10.2. The summed E-state index contributed by atoms with van der Waals surface area (Å²) in [5.74, 6) is 0.0223. The number of carbonyl (C=O) groups excluding carboxylic acids is 3. The van der Waals surface area contributed by atoms with Crippen molar-refractivity contribution in [2.24, 2.45) is 0 Å². The lowest BCUT2D eigenvalue weighted by Gasteiger charge is -2.45. The number of phenolic OH excluding ortho intramolecular Hbond substituents is 1. The summed E-state index contributed by atoms with van der Waals surface area (Å²) < 4.78 is 1.05. The molecule has 4 heterocycles. The first-order valence-electron chi connectivity index (χ1n) is 18.9. The highest BCUT2D eigenvalue weighted by atomic mass is 79.9. The molecule has 2 aromatic rings. The van der Waals surface area contributed by atoms with Crippen LogP contribution in [0.5, 0.6) is 5.75 Å². The van der Waals surface area contributed by atoms with Gasteiger partial charge in [-0.3, -0.25) is 9.69 Å². The molecule has 4 fully saturated rings. The first-order chi connectivity index (χ1) is 24.7. The summed E-state index contributed by atoms with van der Waals surface area (Å²) in [7, 11) is 0. The number of piperazine rings is 1. The summed E-state index contributed by atoms with van der Waals surface area (Å²) in [6.07, 6.45) is 10.9. The molecule has 7 rings (SSSR count). The van der Waals surface area contributed by atoms with Gasteiger partial charge in [0, 0.05) is 76.0 Å². The standard InChI is InChI=1S/C38H51Br2N7O4/c39-31-22-26(23-32(40)35(31)48)24-34(36(49)45-20-18-44(19-21-45)29-10-14-43(15-11-29)28-7-2-1-3-8-28)42-37(50)46-16-12-30(13-17-46)47-25-27-6-4-5-9-33(27)41-38(47)51/h4-6,9,22-23,28-30,34,48H,1-3,7-8,10-21,24-25H2,(H,41,51)(H,42,50)/t34-/m1/s1. The van der Waals surface area contributed by atoms with Crippen molar-refractivity contribution in [3.8, 4) is 5.75 Å². The monoisotopic (exact) mass is 827 g/mol. The van der Waals surface area contributed by atoms with Crippen LogP contribution in [0, 0.1) is 0 Å². The van der Waals surface area contributed by atoms with Crippen molar-refractivity contribution in [3.63, 3.8) is 0 Å². The zero-order chi connectivity index (χ0) is 35.5.